The second-order valence-electron chi connectivity index (χ2n) is 6.27. The van der Waals surface area contributed by atoms with Gasteiger partial charge in [-0.2, -0.15) is 5.26 Å². The first-order valence-corrected chi connectivity index (χ1v) is 10.1. The first-order valence-electron chi connectivity index (χ1n) is 8.77. The quantitative estimate of drug-likeness (QED) is 0.581. The molecule has 1 aliphatic carbocycles. The smallest absolute Gasteiger partial charge is 0.225 e. The van der Waals surface area contributed by atoms with E-state index in [2.05, 4.69) is 11.4 Å². The molecule has 0 saturated carbocycles. The Bertz CT molecular complexity index is 830. The lowest BCUT2D eigenvalue weighted by Crippen LogP contribution is -2.12. The number of hydrogen-bond donors (Lipinski definition) is 1. The standard InChI is InChI=1S/C20H20ClN3OS/c21-16-6-8-17(9-7-16)23-19(25)10-11-26-20-15(13-22)12-14-4-2-1-3-5-18(14)24-20/h6-9,12H,1-5,10-11H2,(H,23,25). The molecule has 1 amide bonds. The van der Waals surface area contributed by atoms with Crippen LogP contribution >= 0.6 is 23.4 Å². The average molecular weight is 386 g/mol. The van der Waals surface area contributed by atoms with Crippen LogP contribution in [0.5, 0.6) is 0 Å². The van der Waals surface area contributed by atoms with Gasteiger partial charge in [-0.15, -0.1) is 11.8 Å². The number of aromatic nitrogens is 1. The number of pyridine rings is 1. The van der Waals surface area contributed by atoms with Crippen LogP contribution in [0.15, 0.2) is 35.4 Å². The fraction of sp³-hybridized carbons (Fsp3) is 0.350. The van der Waals surface area contributed by atoms with Crippen molar-refractivity contribution in [1.29, 1.82) is 5.26 Å². The number of nitrogens with zero attached hydrogens (tertiary/aromatic N) is 2. The summed E-state index contributed by atoms with van der Waals surface area (Å²) in [4.78, 5) is 16.8. The number of anilines is 1. The highest BCUT2D eigenvalue weighted by molar-refractivity contribution is 7.99. The number of thioether (sulfide) groups is 1. The Balaban J connectivity index is 1.58. The molecule has 0 spiro atoms. The van der Waals surface area contributed by atoms with E-state index >= 15 is 0 Å². The summed E-state index contributed by atoms with van der Waals surface area (Å²) in [5.41, 5.74) is 3.68. The summed E-state index contributed by atoms with van der Waals surface area (Å²) in [5, 5.41) is 13.6. The molecule has 1 aliphatic rings. The third-order valence-electron chi connectivity index (χ3n) is 4.33. The Labute approximate surface area is 163 Å². The maximum atomic E-state index is 12.1. The zero-order valence-electron chi connectivity index (χ0n) is 14.4. The monoisotopic (exact) mass is 385 g/mol. The van der Waals surface area contributed by atoms with Crippen LogP contribution in [-0.4, -0.2) is 16.6 Å². The van der Waals surface area contributed by atoms with E-state index in [1.807, 2.05) is 6.07 Å². The maximum absolute atomic E-state index is 12.1. The molecule has 1 heterocycles. The number of rotatable bonds is 5. The molecule has 3 rings (SSSR count). The third-order valence-corrected chi connectivity index (χ3v) is 5.58. The Morgan fingerprint density at radius 3 is 2.77 bits per heavy atom. The molecule has 0 aliphatic heterocycles. The number of carbonyl (C=O) groups excluding carboxylic acids is 1. The minimum absolute atomic E-state index is 0.0620. The average Bonchev–Trinajstić information content (AvgIpc) is 2.87. The van der Waals surface area contributed by atoms with Crippen LogP contribution in [0.2, 0.25) is 5.02 Å². The molecule has 4 nitrogen and oxygen atoms in total. The fourth-order valence-corrected chi connectivity index (χ4v) is 4.02. The molecule has 0 bridgehead atoms. The van der Waals surface area contributed by atoms with Gasteiger partial charge in [0.25, 0.3) is 0 Å². The minimum Gasteiger partial charge on any atom is -0.326 e. The summed E-state index contributed by atoms with van der Waals surface area (Å²) in [7, 11) is 0. The van der Waals surface area contributed by atoms with Crippen molar-refractivity contribution in [3.05, 3.63) is 52.2 Å². The van der Waals surface area contributed by atoms with Gasteiger partial charge in [-0.05, 0) is 61.6 Å². The summed E-state index contributed by atoms with van der Waals surface area (Å²) >= 11 is 7.32. The molecule has 1 aromatic heterocycles. The first-order chi connectivity index (χ1) is 12.7. The van der Waals surface area contributed by atoms with E-state index in [9.17, 15) is 10.1 Å². The number of hydrogen-bond acceptors (Lipinski definition) is 4. The van der Waals surface area contributed by atoms with Crippen molar-refractivity contribution in [3.8, 4) is 6.07 Å². The highest BCUT2D eigenvalue weighted by Crippen LogP contribution is 2.27. The first kappa shape index (κ1) is 18.8. The van der Waals surface area contributed by atoms with Gasteiger partial charge in [-0.1, -0.05) is 18.0 Å². The van der Waals surface area contributed by atoms with Crippen LogP contribution in [0, 0.1) is 11.3 Å². The number of fused-ring (bicyclic) bond motifs is 1. The van der Waals surface area contributed by atoms with Crippen molar-refractivity contribution in [2.24, 2.45) is 0 Å². The number of halogens is 1. The second kappa shape index (κ2) is 9.07. The lowest BCUT2D eigenvalue weighted by molar-refractivity contribution is -0.115. The SMILES string of the molecule is N#Cc1cc2c(nc1SCCC(=O)Nc1ccc(Cl)cc1)CCCCC2. The van der Waals surface area contributed by atoms with Crippen LogP contribution in [0.4, 0.5) is 5.69 Å². The molecular formula is C20H20ClN3OS. The van der Waals surface area contributed by atoms with Gasteiger partial charge in [0.1, 0.15) is 11.1 Å². The Kier molecular flexibility index (Phi) is 6.54. The van der Waals surface area contributed by atoms with Gasteiger partial charge in [0.05, 0.1) is 5.56 Å². The zero-order chi connectivity index (χ0) is 18.4. The molecule has 0 radical (unpaired) electrons. The number of aryl methyl sites for hydroxylation is 2. The number of benzene rings is 1. The molecule has 0 unspecified atom stereocenters. The number of nitrogens with one attached hydrogen (secondary N) is 1. The number of amides is 1. The summed E-state index contributed by atoms with van der Waals surface area (Å²) in [6.07, 6.45) is 5.87. The molecular weight excluding hydrogens is 366 g/mol. The summed E-state index contributed by atoms with van der Waals surface area (Å²) in [6, 6.07) is 11.3. The number of nitriles is 1. The molecule has 0 atom stereocenters. The minimum atomic E-state index is -0.0620. The molecule has 0 saturated heterocycles. The van der Waals surface area contributed by atoms with E-state index in [-0.39, 0.29) is 5.91 Å². The predicted molar refractivity (Wildman–Crippen MR) is 106 cm³/mol. The lowest BCUT2D eigenvalue weighted by Gasteiger charge is -2.10. The number of carbonyl (C=O) groups is 1. The molecule has 6 heteroatoms. The van der Waals surface area contributed by atoms with Gasteiger partial charge < -0.3 is 5.32 Å². The zero-order valence-corrected chi connectivity index (χ0v) is 16.0. The van der Waals surface area contributed by atoms with E-state index in [1.54, 1.807) is 24.3 Å². The Morgan fingerprint density at radius 1 is 1.23 bits per heavy atom. The molecule has 0 fully saturated rings. The summed E-state index contributed by atoms with van der Waals surface area (Å²) in [6.45, 7) is 0. The van der Waals surface area contributed by atoms with Crippen LogP contribution < -0.4 is 5.32 Å². The third kappa shape index (κ3) is 5.00. The van der Waals surface area contributed by atoms with Gasteiger partial charge in [0.2, 0.25) is 5.91 Å². The van der Waals surface area contributed by atoms with Crippen molar-refractivity contribution in [3.63, 3.8) is 0 Å². The highest BCUT2D eigenvalue weighted by Gasteiger charge is 2.15. The second-order valence-corrected chi connectivity index (χ2v) is 7.79. The van der Waals surface area contributed by atoms with Crippen molar-refractivity contribution in [2.45, 2.75) is 43.6 Å². The van der Waals surface area contributed by atoms with E-state index in [0.29, 0.717) is 22.8 Å². The highest BCUT2D eigenvalue weighted by atomic mass is 35.5. The van der Waals surface area contributed by atoms with E-state index in [1.165, 1.54) is 23.7 Å². The van der Waals surface area contributed by atoms with Gasteiger partial charge in [0.15, 0.2) is 0 Å². The van der Waals surface area contributed by atoms with E-state index < -0.39 is 0 Å². The molecule has 1 N–H and O–H groups in total. The Hall–Kier alpha value is -2.03. The van der Waals surface area contributed by atoms with Gasteiger partial charge in [-0.25, -0.2) is 4.98 Å². The Morgan fingerprint density at radius 2 is 2.00 bits per heavy atom. The van der Waals surface area contributed by atoms with Crippen LogP contribution in [0.1, 0.15) is 42.5 Å². The largest absolute Gasteiger partial charge is 0.326 e. The maximum Gasteiger partial charge on any atom is 0.225 e. The normalized spacial score (nSPS) is 13.4. The molecule has 134 valence electrons. The van der Waals surface area contributed by atoms with Crippen LogP contribution in [-0.2, 0) is 17.6 Å². The van der Waals surface area contributed by atoms with Crippen molar-refractivity contribution >= 4 is 35.0 Å². The molecule has 1 aromatic carbocycles. The van der Waals surface area contributed by atoms with Crippen molar-refractivity contribution < 1.29 is 4.79 Å². The topological polar surface area (TPSA) is 65.8 Å². The summed E-state index contributed by atoms with van der Waals surface area (Å²) in [5.74, 6) is 0.521. The predicted octanol–water partition coefficient (Wildman–Crippen LogP) is 5.00. The van der Waals surface area contributed by atoms with E-state index in [4.69, 9.17) is 16.6 Å². The lowest BCUT2D eigenvalue weighted by atomic mass is 10.1. The van der Waals surface area contributed by atoms with Crippen LogP contribution in [0.25, 0.3) is 0 Å². The van der Waals surface area contributed by atoms with Gasteiger partial charge >= 0.3 is 0 Å². The van der Waals surface area contributed by atoms with Crippen LogP contribution in [0.3, 0.4) is 0 Å². The van der Waals surface area contributed by atoms with Gasteiger partial charge in [0, 0.05) is 28.6 Å². The van der Waals surface area contributed by atoms with Crippen molar-refractivity contribution in [2.75, 3.05) is 11.1 Å². The van der Waals surface area contributed by atoms with E-state index in [0.717, 1.165) is 42.1 Å². The summed E-state index contributed by atoms with van der Waals surface area (Å²) < 4.78 is 0. The van der Waals surface area contributed by atoms with Gasteiger partial charge in [-0.3, -0.25) is 4.79 Å². The van der Waals surface area contributed by atoms with Crippen molar-refractivity contribution in [1.82, 2.24) is 4.98 Å². The fourth-order valence-electron chi connectivity index (χ4n) is 2.98. The molecule has 2 aromatic rings. The molecule has 26 heavy (non-hydrogen) atoms.